The Balaban J connectivity index is 1.91. The molecular weight excluding hydrogens is 214 g/mol. The minimum Gasteiger partial charge on any atom is -0.362 e. The van der Waals surface area contributed by atoms with Crippen LogP contribution in [-0.2, 0) is 6.54 Å². The lowest BCUT2D eigenvalue weighted by Gasteiger charge is -2.21. The Hall–Kier alpha value is -0.550. The summed E-state index contributed by atoms with van der Waals surface area (Å²) in [6.45, 7) is 2.90. The number of thioether (sulfide) groups is 1. The zero-order chi connectivity index (χ0) is 9.80. The molecule has 0 aromatic carbocycles. The second-order valence-electron chi connectivity index (χ2n) is 3.23. The van der Waals surface area contributed by atoms with Crippen molar-refractivity contribution in [2.24, 2.45) is 4.99 Å². The zero-order valence-electron chi connectivity index (χ0n) is 8.06. The fourth-order valence-electron chi connectivity index (χ4n) is 1.22. The van der Waals surface area contributed by atoms with E-state index in [1.54, 1.807) is 23.1 Å². The monoisotopic (exact) mass is 227 g/mol. The molecule has 0 radical (unpaired) electrons. The Morgan fingerprint density at radius 3 is 3.36 bits per heavy atom. The average molecular weight is 227 g/mol. The van der Waals surface area contributed by atoms with E-state index >= 15 is 0 Å². The van der Waals surface area contributed by atoms with Crippen molar-refractivity contribution in [3.63, 3.8) is 0 Å². The van der Waals surface area contributed by atoms with Crippen LogP contribution in [0.5, 0.6) is 0 Å². The van der Waals surface area contributed by atoms with E-state index in [1.807, 2.05) is 11.6 Å². The van der Waals surface area contributed by atoms with Crippen LogP contribution in [0.2, 0.25) is 0 Å². The second-order valence-corrected chi connectivity index (χ2v) is 5.29. The number of hydrogen-bond donors (Lipinski definition) is 1. The third kappa shape index (κ3) is 2.72. The number of hydrogen-bond acceptors (Lipinski definition) is 4. The molecule has 1 aliphatic rings. The highest BCUT2D eigenvalue weighted by Gasteiger charge is 2.12. The van der Waals surface area contributed by atoms with Gasteiger partial charge in [0, 0.05) is 23.4 Å². The maximum Gasteiger partial charge on any atom is 0.157 e. The molecule has 1 aromatic heterocycles. The summed E-state index contributed by atoms with van der Waals surface area (Å²) < 4.78 is 0. The van der Waals surface area contributed by atoms with Gasteiger partial charge in [-0.3, -0.25) is 4.99 Å². The van der Waals surface area contributed by atoms with Gasteiger partial charge in [-0.15, -0.1) is 11.3 Å². The van der Waals surface area contributed by atoms with Crippen LogP contribution >= 0.6 is 23.1 Å². The van der Waals surface area contributed by atoms with Crippen LogP contribution in [-0.4, -0.2) is 21.9 Å². The minimum atomic E-state index is 0.561. The molecule has 0 spiro atoms. The number of aromatic nitrogens is 1. The van der Waals surface area contributed by atoms with E-state index < -0.39 is 0 Å². The molecule has 2 heterocycles. The maximum absolute atomic E-state index is 4.49. The minimum absolute atomic E-state index is 0.561. The molecule has 3 nitrogen and oxygen atoms in total. The van der Waals surface area contributed by atoms with Crippen molar-refractivity contribution in [2.45, 2.75) is 25.9 Å². The van der Waals surface area contributed by atoms with Crippen molar-refractivity contribution in [1.29, 1.82) is 0 Å². The smallest absolute Gasteiger partial charge is 0.157 e. The SMILES string of the molecule is CC1CCSC(=NCc2nccs2)N1. The number of amidine groups is 1. The van der Waals surface area contributed by atoms with Crippen LogP contribution in [0.15, 0.2) is 16.6 Å². The first-order valence-electron chi connectivity index (χ1n) is 4.67. The summed E-state index contributed by atoms with van der Waals surface area (Å²) in [7, 11) is 0. The number of nitrogens with one attached hydrogen (secondary N) is 1. The van der Waals surface area contributed by atoms with Crippen LogP contribution in [0.4, 0.5) is 0 Å². The number of rotatable bonds is 2. The Morgan fingerprint density at radius 2 is 2.64 bits per heavy atom. The highest BCUT2D eigenvalue weighted by atomic mass is 32.2. The lowest BCUT2D eigenvalue weighted by Crippen LogP contribution is -2.35. The van der Waals surface area contributed by atoms with E-state index in [4.69, 9.17) is 0 Å². The summed E-state index contributed by atoms with van der Waals surface area (Å²) in [5.74, 6) is 1.17. The maximum atomic E-state index is 4.49. The van der Waals surface area contributed by atoms with Gasteiger partial charge in [-0.1, -0.05) is 11.8 Å². The zero-order valence-corrected chi connectivity index (χ0v) is 9.70. The normalized spacial score (nSPS) is 24.9. The summed E-state index contributed by atoms with van der Waals surface area (Å²) in [4.78, 5) is 8.69. The summed E-state index contributed by atoms with van der Waals surface area (Å²) in [5, 5.41) is 7.50. The van der Waals surface area contributed by atoms with Gasteiger partial charge in [0.25, 0.3) is 0 Å². The summed E-state index contributed by atoms with van der Waals surface area (Å²) in [5.41, 5.74) is 0. The highest BCUT2D eigenvalue weighted by molar-refractivity contribution is 8.13. The van der Waals surface area contributed by atoms with E-state index in [-0.39, 0.29) is 0 Å². The molecule has 5 heteroatoms. The van der Waals surface area contributed by atoms with Crippen molar-refractivity contribution >= 4 is 28.3 Å². The van der Waals surface area contributed by atoms with Gasteiger partial charge in [0.05, 0.1) is 6.54 Å². The largest absolute Gasteiger partial charge is 0.362 e. The lowest BCUT2D eigenvalue weighted by molar-refractivity contribution is 0.642. The standard InChI is InChI=1S/C9H13N3S2/c1-7-2-4-14-9(12-7)11-6-8-10-3-5-13-8/h3,5,7H,2,4,6H2,1H3,(H,11,12). The molecule has 0 saturated carbocycles. The molecule has 1 N–H and O–H groups in total. The molecule has 0 amide bonds. The number of nitrogens with zero attached hydrogens (tertiary/aromatic N) is 2. The van der Waals surface area contributed by atoms with Crippen molar-refractivity contribution in [3.8, 4) is 0 Å². The molecule has 1 atom stereocenters. The number of aliphatic imine (C=N–C) groups is 1. The average Bonchev–Trinajstić information content (AvgIpc) is 2.67. The molecule has 14 heavy (non-hydrogen) atoms. The quantitative estimate of drug-likeness (QED) is 0.841. The van der Waals surface area contributed by atoms with E-state index in [1.165, 1.54) is 12.2 Å². The van der Waals surface area contributed by atoms with Crippen LogP contribution < -0.4 is 5.32 Å². The van der Waals surface area contributed by atoms with Gasteiger partial charge >= 0.3 is 0 Å². The van der Waals surface area contributed by atoms with Gasteiger partial charge in [0.15, 0.2) is 5.17 Å². The summed E-state index contributed by atoms with van der Waals surface area (Å²) >= 11 is 3.46. The molecule has 1 saturated heterocycles. The predicted molar refractivity (Wildman–Crippen MR) is 62.9 cm³/mol. The molecule has 0 bridgehead atoms. The van der Waals surface area contributed by atoms with Crippen LogP contribution in [0.1, 0.15) is 18.4 Å². The first-order valence-corrected chi connectivity index (χ1v) is 6.53. The Labute approximate surface area is 92.0 Å². The molecule has 76 valence electrons. The fraction of sp³-hybridized carbons (Fsp3) is 0.556. The number of thiazole rings is 1. The van der Waals surface area contributed by atoms with Crippen molar-refractivity contribution < 1.29 is 0 Å². The molecule has 2 rings (SSSR count). The Bertz CT molecular complexity index is 308. The molecule has 1 fully saturated rings. The van der Waals surface area contributed by atoms with E-state index in [0.717, 1.165) is 10.2 Å². The fourth-order valence-corrected chi connectivity index (χ4v) is 2.86. The first kappa shape index (κ1) is 9.98. The molecule has 1 unspecified atom stereocenters. The van der Waals surface area contributed by atoms with Crippen LogP contribution in [0.3, 0.4) is 0 Å². The van der Waals surface area contributed by atoms with Crippen molar-refractivity contribution in [3.05, 3.63) is 16.6 Å². The predicted octanol–water partition coefficient (Wildman–Crippen LogP) is 2.11. The lowest BCUT2D eigenvalue weighted by atomic mass is 10.3. The van der Waals surface area contributed by atoms with Gasteiger partial charge in [-0.2, -0.15) is 0 Å². The van der Waals surface area contributed by atoms with E-state index in [2.05, 4.69) is 22.2 Å². The van der Waals surface area contributed by atoms with Gasteiger partial charge in [-0.25, -0.2) is 4.98 Å². The Kier molecular flexibility index (Phi) is 3.42. The van der Waals surface area contributed by atoms with Gasteiger partial charge in [0.2, 0.25) is 0 Å². The van der Waals surface area contributed by atoms with E-state index in [0.29, 0.717) is 12.6 Å². The summed E-state index contributed by atoms with van der Waals surface area (Å²) in [6.07, 6.45) is 3.05. The van der Waals surface area contributed by atoms with Gasteiger partial charge < -0.3 is 5.32 Å². The third-order valence-corrected chi connectivity index (χ3v) is 3.73. The van der Waals surface area contributed by atoms with Gasteiger partial charge in [-0.05, 0) is 13.3 Å². The molecule has 0 aliphatic carbocycles. The first-order chi connectivity index (χ1) is 6.84. The van der Waals surface area contributed by atoms with Crippen LogP contribution in [0, 0.1) is 0 Å². The molecule has 1 aromatic rings. The van der Waals surface area contributed by atoms with Crippen molar-refractivity contribution in [2.75, 3.05) is 5.75 Å². The van der Waals surface area contributed by atoms with Crippen molar-refractivity contribution in [1.82, 2.24) is 10.3 Å². The third-order valence-electron chi connectivity index (χ3n) is 2.00. The molecular formula is C9H13N3S2. The Morgan fingerprint density at radius 1 is 1.71 bits per heavy atom. The second kappa shape index (κ2) is 4.79. The topological polar surface area (TPSA) is 37.3 Å². The molecule has 1 aliphatic heterocycles. The van der Waals surface area contributed by atoms with E-state index in [9.17, 15) is 0 Å². The summed E-state index contributed by atoms with van der Waals surface area (Å²) in [6, 6.07) is 0.561. The van der Waals surface area contributed by atoms with Gasteiger partial charge in [0.1, 0.15) is 5.01 Å². The van der Waals surface area contributed by atoms with Crippen LogP contribution in [0.25, 0.3) is 0 Å². The highest BCUT2D eigenvalue weighted by Crippen LogP contribution is 2.14.